The van der Waals surface area contributed by atoms with Crippen LogP contribution in [0.15, 0.2) is 5.16 Å². The topological polar surface area (TPSA) is 76.0 Å². The van der Waals surface area contributed by atoms with Crippen molar-refractivity contribution in [3.63, 3.8) is 0 Å². The Morgan fingerprint density at radius 2 is 1.24 bits per heavy atom. The summed E-state index contributed by atoms with van der Waals surface area (Å²) >= 11 is 0. The Bertz CT molecular complexity index is 261. The highest BCUT2D eigenvalue weighted by atomic mass is 16.6. The van der Waals surface area contributed by atoms with E-state index >= 15 is 0 Å². The third-order valence-corrected chi connectivity index (χ3v) is 0.944. The molecule has 0 aromatic rings. The molecule has 0 radical (unpaired) electrons. The summed E-state index contributed by atoms with van der Waals surface area (Å²) in [6.07, 6.45) is 0.699. The number of Topliss-reactive ketones (excluding diaryl/α,β-unsaturated/α-hetero) is 2. The smallest absolute Gasteiger partial charge is 0.129 e. The van der Waals surface area contributed by atoms with Gasteiger partial charge in [0.1, 0.15) is 17.7 Å². The summed E-state index contributed by atoms with van der Waals surface area (Å²) in [5.41, 5.74) is 0.957. The number of nitrogens with zero attached hydrogens (tertiary/aromatic N) is 1. The molecule has 0 saturated heterocycles. The monoisotopic (exact) mass is 305 g/mol. The zero-order valence-corrected chi connectivity index (χ0v) is 15.5. The molecule has 0 bridgehead atoms. The first kappa shape index (κ1) is 28.0. The van der Waals surface area contributed by atoms with Gasteiger partial charge in [0, 0.05) is 12.5 Å². The van der Waals surface area contributed by atoms with E-state index in [0.717, 1.165) is 5.71 Å². The van der Waals surface area contributed by atoms with Crippen LogP contribution < -0.4 is 0 Å². The lowest BCUT2D eigenvalue weighted by atomic mass is 10.4. The molecule has 21 heavy (non-hydrogen) atoms. The fourth-order valence-corrected chi connectivity index (χ4v) is 0.211. The number of hydrogen-bond donors (Lipinski definition) is 1. The fraction of sp³-hybridized carbons (Fsp3) is 0.812. The summed E-state index contributed by atoms with van der Waals surface area (Å²) in [4.78, 5) is 24.1. The first-order chi connectivity index (χ1) is 9.36. The van der Waals surface area contributed by atoms with Crippen LogP contribution in [0.3, 0.4) is 0 Å². The standard InChI is InChI=1S/C6H13NO.C4H8O.C3H8O.C3H6O/c1-5(2)7-8-6(3)4;1-3-4(2)5;2*1-3(2)4/h6H,1-4H3;3H2,1-2H3;3-4H,1-2H3;1-2H3. The van der Waals surface area contributed by atoms with Gasteiger partial charge >= 0.3 is 0 Å². The summed E-state index contributed by atoms with van der Waals surface area (Å²) in [6, 6.07) is 0. The molecular formula is C16H35NO4. The van der Waals surface area contributed by atoms with Crippen LogP contribution in [0.25, 0.3) is 0 Å². The Balaban J connectivity index is -0.0000000970. The van der Waals surface area contributed by atoms with E-state index in [0.29, 0.717) is 6.42 Å². The highest BCUT2D eigenvalue weighted by molar-refractivity contribution is 5.78. The van der Waals surface area contributed by atoms with Gasteiger partial charge in [0.15, 0.2) is 0 Å². The van der Waals surface area contributed by atoms with E-state index in [1.165, 1.54) is 13.8 Å². The van der Waals surface area contributed by atoms with Crippen molar-refractivity contribution in [2.75, 3.05) is 0 Å². The number of oxime groups is 1. The van der Waals surface area contributed by atoms with Crippen LogP contribution in [0.1, 0.15) is 75.7 Å². The largest absolute Gasteiger partial charge is 0.394 e. The average molecular weight is 305 g/mol. The molecule has 0 atom stereocenters. The summed E-state index contributed by atoms with van der Waals surface area (Å²) in [5, 5.41) is 11.8. The number of carbonyl (C=O) groups is 2. The zero-order chi connectivity index (χ0) is 18.0. The normalized spacial score (nSPS) is 8.24. The molecular weight excluding hydrogens is 270 g/mol. The molecule has 128 valence electrons. The van der Waals surface area contributed by atoms with Crippen molar-refractivity contribution in [3.05, 3.63) is 0 Å². The molecule has 0 aliphatic rings. The van der Waals surface area contributed by atoms with E-state index in [1.807, 2.05) is 34.6 Å². The van der Waals surface area contributed by atoms with Crippen molar-refractivity contribution in [2.45, 2.75) is 87.9 Å². The molecule has 0 unspecified atom stereocenters. The number of aliphatic hydroxyl groups excluding tert-OH is 1. The Morgan fingerprint density at radius 3 is 1.29 bits per heavy atom. The second-order valence-corrected chi connectivity index (χ2v) is 5.25. The van der Waals surface area contributed by atoms with Crippen LogP contribution in [0.4, 0.5) is 0 Å². The number of rotatable bonds is 3. The van der Waals surface area contributed by atoms with Crippen LogP contribution in [-0.4, -0.2) is 34.6 Å². The lowest BCUT2D eigenvalue weighted by Crippen LogP contribution is -1.97. The molecule has 5 nitrogen and oxygen atoms in total. The van der Waals surface area contributed by atoms with E-state index in [2.05, 4.69) is 5.16 Å². The minimum atomic E-state index is -0.167. The van der Waals surface area contributed by atoms with Gasteiger partial charge in [-0.2, -0.15) is 0 Å². The van der Waals surface area contributed by atoms with Crippen LogP contribution in [0, 0.1) is 0 Å². The number of carbonyl (C=O) groups excluding carboxylic acids is 2. The SMILES string of the molecule is CC(C)=NOC(C)C.CC(C)=O.CC(C)O.CCC(C)=O. The Morgan fingerprint density at radius 1 is 1.00 bits per heavy atom. The van der Waals surface area contributed by atoms with Gasteiger partial charge in [-0.1, -0.05) is 12.1 Å². The maximum atomic E-state index is 9.81. The van der Waals surface area contributed by atoms with Gasteiger partial charge < -0.3 is 19.5 Å². The predicted molar refractivity (Wildman–Crippen MR) is 89.7 cm³/mol. The highest BCUT2D eigenvalue weighted by Crippen LogP contribution is 1.87. The van der Waals surface area contributed by atoms with Gasteiger partial charge in [-0.3, -0.25) is 0 Å². The fourth-order valence-electron chi connectivity index (χ4n) is 0.211. The van der Waals surface area contributed by atoms with Crippen LogP contribution in [0.2, 0.25) is 0 Å². The zero-order valence-electron chi connectivity index (χ0n) is 15.5. The van der Waals surface area contributed by atoms with Gasteiger partial charge in [0.05, 0.1) is 5.71 Å². The van der Waals surface area contributed by atoms with E-state index < -0.39 is 0 Å². The summed E-state index contributed by atoms with van der Waals surface area (Å²) in [7, 11) is 0. The van der Waals surface area contributed by atoms with E-state index in [9.17, 15) is 9.59 Å². The van der Waals surface area contributed by atoms with Gasteiger partial charge in [-0.25, -0.2) is 0 Å². The number of hydrogen-bond acceptors (Lipinski definition) is 5. The Hall–Kier alpha value is -1.23. The van der Waals surface area contributed by atoms with Crippen LogP contribution in [0.5, 0.6) is 0 Å². The van der Waals surface area contributed by atoms with E-state index in [-0.39, 0.29) is 23.8 Å². The lowest BCUT2D eigenvalue weighted by molar-refractivity contribution is -0.117. The van der Waals surface area contributed by atoms with Crippen molar-refractivity contribution in [1.29, 1.82) is 0 Å². The summed E-state index contributed by atoms with van der Waals surface area (Å²) in [6.45, 7) is 17.6. The molecule has 0 aromatic heterocycles. The molecule has 0 saturated carbocycles. The third-order valence-electron chi connectivity index (χ3n) is 0.944. The molecule has 0 aliphatic carbocycles. The predicted octanol–water partition coefficient (Wildman–Crippen LogP) is 3.78. The van der Waals surface area contributed by atoms with Gasteiger partial charge in [0.25, 0.3) is 0 Å². The molecule has 1 N–H and O–H groups in total. The minimum absolute atomic E-state index is 0.167. The Kier molecular flexibility index (Phi) is 28.1. The van der Waals surface area contributed by atoms with Crippen LogP contribution >= 0.6 is 0 Å². The molecule has 0 aromatic carbocycles. The first-order valence-electron chi connectivity index (χ1n) is 7.18. The number of aliphatic hydroxyl groups is 1. The molecule has 0 aliphatic heterocycles. The van der Waals surface area contributed by atoms with Crippen molar-refractivity contribution in [2.24, 2.45) is 5.16 Å². The molecule has 0 amide bonds. The van der Waals surface area contributed by atoms with Crippen LogP contribution in [-0.2, 0) is 14.4 Å². The van der Waals surface area contributed by atoms with E-state index in [4.69, 9.17) is 9.94 Å². The Labute approximate surface area is 130 Å². The third kappa shape index (κ3) is 159. The van der Waals surface area contributed by atoms with Gasteiger partial charge in [-0.15, -0.1) is 0 Å². The summed E-state index contributed by atoms with van der Waals surface area (Å²) in [5.74, 6) is 0.421. The van der Waals surface area contributed by atoms with Gasteiger partial charge in [0.2, 0.25) is 0 Å². The maximum absolute atomic E-state index is 9.81. The van der Waals surface area contributed by atoms with E-state index in [1.54, 1.807) is 20.8 Å². The molecule has 0 fully saturated rings. The van der Waals surface area contributed by atoms with Crippen molar-refractivity contribution < 1.29 is 19.5 Å². The maximum Gasteiger partial charge on any atom is 0.129 e. The second kappa shape index (κ2) is 21.1. The highest BCUT2D eigenvalue weighted by Gasteiger charge is 1.86. The molecule has 0 spiro atoms. The van der Waals surface area contributed by atoms with Crippen molar-refractivity contribution >= 4 is 17.3 Å². The quantitative estimate of drug-likeness (QED) is 0.636. The molecule has 5 heteroatoms. The minimum Gasteiger partial charge on any atom is -0.394 e. The molecule has 0 rings (SSSR count). The lowest BCUT2D eigenvalue weighted by Gasteiger charge is -2.00. The second-order valence-electron chi connectivity index (χ2n) is 5.25. The van der Waals surface area contributed by atoms with Gasteiger partial charge in [-0.05, 0) is 62.3 Å². The molecule has 0 heterocycles. The number of ketones is 2. The first-order valence-corrected chi connectivity index (χ1v) is 7.18. The average Bonchev–Trinajstić information content (AvgIpc) is 2.25. The van der Waals surface area contributed by atoms with Crippen molar-refractivity contribution in [1.82, 2.24) is 0 Å². The van der Waals surface area contributed by atoms with Crippen molar-refractivity contribution in [3.8, 4) is 0 Å². The summed E-state index contributed by atoms with van der Waals surface area (Å²) < 4.78 is 0.